The van der Waals surface area contributed by atoms with Gasteiger partial charge in [-0.1, -0.05) is 11.6 Å². The summed E-state index contributed by atoms with van der Waals surface area (Å²) >= 11 is 0. The number of hydrogen-bond acceptors (Lipinski definition) is 6. The van der Waals surface area contributed by atoms with Gasteiger partial charge in [0.25, 0.3) is 0 Å². The summed E-state index contributed by atoms with van der Waals surface area (Å²) in [5, 5.41) is 7.13. The van der Waals surface area contributed by atoms with E-state index in [0.717, 1.165) is 24.1 Å². The number of hydrogen-bond donors (Lipinski definition) is 2. The van der Waals surface area contributed by atoms with E-state index in [1.165, 1.54) is 22.8 Å². The quantitative estimate of drug-likeness (QED) is 0.477. The molecule has 2 N–H and O–H groups in total. The SMILES string of the molecule is CCOC(=O)C=C1C=C2C(=C(C)C=C(C)C23CC(C)(C)NC3=CC(=O)OCC)CC(C)(C)N1. The van der Waals surface area contributed by atoms with E-state index < -0.39 is 5.41 Å². The summed E-state index contributed by atoms with van der Waals surface area (Å²) in [7, 11) is 0. The molecular weight excluding hydrogens is 416 g/mol. The van der Waals surface area contributed by atoms with Crippen LogP contribution >= 0.6 is 0 Å². The maximum absolute atomic E-state index is 12.5. The molecule has 6 nitrogen and oxygen atoms in total. The molecule has 0 radical (unpaired) electrons. The van der Waals surface area contributed by atoms with E-state index in [1.54, 1.807) is 13.0 Å². The van der Waals surface area contributed by atoms with Crippen LogP contribution in [-0.4, -0.2) is 36.2 Å². The van der Waals surface area contributed by atoms with Crippen LogP contribution in [0.3, 0.4) is 0 Å². The van der Waals surface area contributed by atoms with E-state index in [2.05, 4.69) is 64.3 Å². The largest absolute Gasteiger partial charge is 0.463 e. The fourth-order valence-corrected chi connectivity index (χ4v) is 5.45. The normalized spacial score (nSPS) is 27.9. The van der Waals surface area contributed by atoms with Crippen LogP contribution in [0.5, 0.6) is 0 Å². The number of carbonyl (C=O) groups excluding carboxylic acids is 2. The minimum absolute atomic E-state index is 0.231. The Labute approximate surface area is 197 Å². The summed E-state index contributed by atoms with van der Waals surface area (Å²) in [5.41, 5.74) is 5.25. The second-order valence-corrected chi connectivity index (χ2v) is 10.5. The zero-order chi connectivity index (χ0) is 24.6. The fraction of sp³-hybridized carbons (Fsp3) is 0.556. The molecule has 0 aromatic heterocycles. The van der Waals surface area contributed by atoms with Crippen molar-refractivity contribution in [3.8, 4) is 0 Å². The molecule has 0 amide bonds. The summed E-state index contributed by atoms with van der Waals surface area (Å²) in [6, 6.07) is 0. The number of ether oxygens (including phenoxy) is 2. The van der Waals surface area contributed by atoms with E-state index in [0.29, 0.717) is 18.9 Å². The van der Waals surface area contributed by atoms with Crippen LogP contribution in [0.15, 0.2) is 58.0 Å². The number of esters is 2. The molecule has 1 saturated heterocycles. The topological polar surface area (TPSA) is 76.7 Å². The van der Waals surface area contributed by atoms with Gasteiger partial charge in [-0.25, -0.2) is 9.59 Å². The monoisotopic (exact) mass is 454 g/mol. The maximum Gasteiger partial charge on any atom is 0.332 e. The molecule has 1 atom stereocenters. The molecule has 0 bridgehead atoms. The van der Waals surface area contributed by atoms with Crippen molar-refractivity contribution < 1.29 is 19.1 Å². The summed E-state index contributed by atoms with van der Waals surface area (Å²) in [5.74, 6) is -0.728. The third-order valence-corrected chi connectivity index (χ3v) is 6.52. The van der Waals surface area contributed by atoms with Crippen LogP contribution < -0.4 is 10.6 Å². The lowest BCUT2D eigenvalue weighted by Gasteiger charge is -2.40. The highest BCUT2D eigenvalue weighted by Crippen LogP contribution is 2.58. The Balaban J connectivity index is 2.28. The standard InChI is InChI=1S/C27H38N2O4/c1-9-32-23(30)13-19-12-21-20(15-25(5,6)28-19)17(3)11-18(4)27(21)16-26(7,8)29-22(27)14-24(31)33-10-2/h11-14,28-29H,9-10,15-16H2,1-8H3. The number of nitrogens with one attached hydrogen (secondary N) is 2. The maximum atomic E-state index is 12.5. The van der Waals surface area contributed by atoms with Gasteiger partial charge in [0, 0.05) is 34.6 Å². The molecule has 6 heteroatoms. The molecule has 1 fully saturated rings. The first-order valence-electron chi connectivity index (χ1n) is 11.8. The van der Waals surface area contributed by atoms with Crippen molar-refractivity contribution in [1.82, 2.24) is 10.6 Å². The number of carbonyl (C=O) groups is 2. The van der Waals surface area contributed by atoms with Crippen LogP contribution in [0.1, 0.15) is 68.2 Å². The Hall–Kier alpha value is -2.76. The molecule has 1 unspecified atom stereocenters. The lowest BCUT2D eigenvalue weighted by Crippen LogP contribution is -2.38. The minimum atomic E-state index is -0.513. The summed E-state index contributed by atoms with van der Waals surface area (Å²) < 4.78 is 10.5. The Bertz CT molecular complexity index is 1010. The average Bonchev–Trinajstić information content (AvgIpc) is 2.84. The van der Waals surface area contributed by atoms with Crippen molar-refractivity contribution in [1.29, 1.82) is 0 Å². The first-order valence-corrected chi connectivity index (χ1v) is 11.8. The van der Waals surface area contributed by atoms with E-state index in [4.69, 9.17) is 9.47 Å². The third kappa shape index (κ3) is 4.94. The highest BCUT2D eigenvalue weighted by atomic mass is 16.5. The van der Waals surface area contributed by atoms with Gasteiger partial charge in [-0.2, -0.15) is 0 Å². The summed E-state index contributed by atoms with van der Waals surface area (Å²) in [6.45, 7) is 17.1. The van der Waals surface area contributed by atoms with Gasteiger partial charge >= 0.3 is 11.9 Å². The van der Waals surface area contributed by atoms with Crippen LogP contribution in [0.2, 0.25) is 0 Å². The molecule has 3 rings (SSSR count). The lowest BCUT2D eigenvalue weighted by atomic mass is 9.62. The Morgan fingerprint density at radius 1 is 0.939 bits per heavy atom. The van der Waals surface area contributed by atoms with Gasteiger partial charge in [-0.05, 0) is 91.0 Å². The lowest BCUT2D eigenvalue weighted by molar-refractivity contribution is -0.138. The number of fused-ring (bicyclic) bond motifs is 2. The molecule has 1 spiro atoms. The molecule has 180 valence electrons. The zero-order valence-corrected chi connectivity index (χ0v) is 21.3. The summed E-state index contributed by atoms with van der Waals surface area (Å²) in [4.78, 5) is 24.9. The van der Waals surface area contributed by atoms with E-state index in [1.807, 2.05) is 6.92 Å². The van der Waals surface area contributed by atoms with Gasteiger partial charge in [-0.3, -0.25) is 0 Å². The zero-order valence-electron chi connectivity index (χ0n) is 21.3. The van der Waals surface area contributed by atoms with Gasteiger partial charge in [0.2, 0.25) is 0 Å². The van der Waals surface area contributed by atoms with Crippen LogP contribution in [-0.2, 0) is 19.1 Å². The average molecular weight is 455 g/mol. The van der Waals surface area contributed by atoms with Gasteiger partial charge in [0.05, 0.1) is 18.6 Å². The molecule has 0 saturated carbocycles. The van der Waals surface area contributed by atoms with Gasteiger partial charge in [0.1, 0.15) is 0 Å². The number of allylic oxidation sites excluding steroid dienone is 4. The smallest absolute Gasteiger partial charge is 0.332 e. The highest BCUT2D eigenvalue weighted by Gasteiger charge is 2.53. The van der Waals surface area contributed by atoms with E-state index >= 15 is 0 Å². The van der Waals surface area contributed by atoms with Crippen molar-refractivity contribution in [2.45, 2.75) is 79.3 Å². The van der Waals surface area contributed by atoms with Gasteiger partial charge in [0.15, 0.2) is 0 Å². The second kappa shape index (κ2) is 8.88. The number of rotatable bonds is 4. The Morgan fingerprint density at radius 3 is 2.15 bits per heavy atom. The molecule has 2 heterocycles. The van der Waals surface area contributed by atoms with Crippen molar-refractivity contribution in [3.05, 3.63) is 58.0 Å². The van der Waals surface area contributed by atoms with Crippen LogP contribution in [0.4, 0.5) is 0 Å². The molecule has 3 aliphatic rings. The van der Waals surface area contributed by atoms with Gasteiger partial charge in [-0.15, -0.1) is 0 Å². The summed E-state index contributed by atoms with van der Waals surface area (Å²) in [6.07, 6.45) is 9.01. The van der Waals surface area contributed by atoms with Crippen LogP contribution in [0.25, 0.3) is 0 Å². The minimum Gasteiger partial charge on any atom is -0.463 e. The van der Waals surface area contributed by atoms with E-state index in [-0.39, 0.29) is 23.0 Å². The van der Waals surface area contributed by atoms with Crippen molar-refractivity contribution in [3.63, 3.8) is 0 Å². The van der Waals surface area contributed by atoms with Crippen molar-refractivity contribution >= 4 is 11.9 Å². The molecule has 33 heavy (non-hydrogen) atoms. The molecule has 2 aliphatic heterocycles. The molecule has 0 aromatic carbocycles. The molecular formula is C27H38N2O4. The molecule has 0 aromatic rings. The third-order valence-electron chi connectivity index (χ3n) is 6.52. The fourth-order valence-electron chi connectivity index (χ4n) is 5.45. The predicted molar refractivity (Wildman–Crippen MR) is 130 cm³/mol. The van der Waals surface area contributed by atoms with Crippen LogP contribution in [0, 0.1) is 5.41 Å². The second-order valence-electron chi connectivity index (χ2n) is 10.5. The van der Waals surface area contributed by atoms with E-state index in [9.17, 15) is 9.59 Å². The Morgan fingerprint density at radius 2 is 1.55 bits per heavy atom. The van der Waals surface area contributed by atoms with Gasteiger partial charge < -0.3 is 20.1 Å². The predicted octanol–water partition coefficient (Wildman–Crippen LogP) is 4.61. The van der Waals surface area contributed by atoms with Crippen molar-refractivity contribution in [2.24, 2.45) is 5.41 Å². The first kappa shape index (κ1) is 24.9. The highest BCUT2D eigenvalue weighted by molar-refractivity contribution is 5.85. The first-order chi connectivity index (χ1) is 15.3. The van der Waals surface area contributed by atoms with Crippen molar-refractivity contribution in [2.75, 3.05) is 13.2 Å². The molecule has 1 aliphatic carbocycles. The Kier molecular flexibility index (Phi) is 6.69.